The van der Waals surface area contributed by atoms with Crippen molar-refractivity contribution < 1.29 is 4.74 Å². The molecule has 1 atom stereocenters. The lowest BCUT2D eigenvalue weighted by molar-refractivity contribution is 0.287. The average molecular weight is 254 g/mol. The predicted molar refractivity (Wildman–Crippen MR) is 75.0 cm³/mol. The second kappa shape index (κ2) is 5.85. The van der Waals surface area contributed by atoms with Gasteiger partial charge in [0.1, 0.15) is 6.61 Å². The molecule has 1 aromatic heterocycles. The molecule has 2 aromatic rings. The van der Waals surface area contributed by atoms with Gasteiger partial charge >= 0.3 is 0 Å². The molecule has 3 heteroatoms. The van der Waals surface area contributed by atoms with E-state index in [1.165, 1.54) is 17.5 Å². The Hall–Kier alpha value is -1.87. The van der Waals surface area contributed by atoms with Crippen molar-refractivity contribution in [3.8, 4) is 5.88 Å². The van der Waals surface area contributed by atoms with Crippen LogP contribution >= 0.6 is 0 Å². The SMILES string of the molecule is c1ccc(COc2ncccc2[C@H]2CCCN2)cc1. The second-order valence-electron chi connectivity index (χ2n) is 4.82. The molecule has 1 N–H and O–H groups in total. The second-order valence-corrected chi connectivity index (χ2v) is 4.82. The first-order valence-electron chi connectivity index (χ1n) is 6.78. The zero-order chi connectivity index (χ0) is 12.9. The molecule has 0 unspecified atom stereocenters. The normalized spacial score (nSPS) is 18.4. The number of pyridine rings is 1. The van der Waals surface area contributed by atoms with Gasteiger partial charge < -0.3 is 10.1 Å². The number of rotatable bonds is 4. The van der Waals surface area contributed by atoms with E-state index in [2.05, 4.69) is 28.5 Å². The van der Waals surface area contributed by atoms with Crippen LogP contribution in [-0.2, 0) is 6.61 Å². The minimum absolute atomic E-state index is 0.388. The van der Waals surface area contributed by atoms with Crippen LogP contribution in [0.5, 0.6) is 5.88 Å². The van der Waals surface area contributed by atoms with Gasteiger partial charge in [-0.05, 0) is 31.0 Å². The number of hydrogen-bond acceptors (Lipinski definition) is 3. The Balaban J connectivity index is 1.73. The molecule has 0 saturated carbocycles. The lowest BCUT2D eigenvalue weighted by Crippen LogP contribution is -2.14. The first-order chi connectivity index (χ1) is 9.43. The Morgan fingerprint density at radius 2 is 2.05 bits per heavy atom. The summed E-state index contributed by atoms with van der Waals surface area (Å²) in [7, 11) is 0. The molecule has 2 heterocycles. The molecule has 19 heavy (non-hydrogen) atoms. The summed E-state index contributed by atoms with van der Waals surface area (Å²) in [5.74, 6) is 0.755. The zero-order valence-electron chi connectivity index (χ0n) is 10.9. The molecule has 0 amide bonds. The Morgan fingerprint density at radius 1 is 1.16 bits per heavy atom. The number of benzene rings is 1. The van der Waals surface area contributed by atoms with Crippen LogP contribution in [0.2, 0.25) is 0 Å². The number of aromatic nitrogens is 1. The molecule has 0 radical (unpaired) electrons. The monoisotopic (exact) mass is 254 g/mol. The maximum Gasteiger partial charge on any atom is 0.218 e. The molecular weight excluding hydrogens is 236 g/mol. The van der Waals surface area contributed by atoms with Crippen molar-refractivity contribution in [2.45, 2.75) is 25.5 Å². The zero-order valence-corrected chi connectivity index (χ0v) is 10.9. The average Bonchev–Trinajstić information content (AvgIpc) is 3.01. The minimum Gasteiger partial charge on any atom is -0.473 e. The van der Waals surface area contributed by atoms with E-state index in [9.17, 15) is 0 Å². The Morgan fingerprint density at radius 3 is 2.84 bits per heavy atom. The van der Waals surface area contributed by atoms with E-state index in [-0.39, 0.29) is 0 Å². The van der Waals surface area contributed by atoms with Crippen molar-refractivity contribution in [2.24, 2.45) is 0 Å². The molecule has 1 fully saturated rings. The molecule has 0 bridgehead atoms. The third kappa shape index (κ3) is 2.93. The van der Waals surface area contributed by atoms with Crippen molar-refractivity contribution in [3.05, 3.63) is 59.8 Å². The molecule has 3 nitrogen and oxygen atoms in total. The lowest BCUT2D eigenvalue weighted by Gasteiger charge is -2.15. The largest absolute Gasteiger partial charge is 0.473 e. The van der Waals surface area contributed by atoms with Crippen LogP contribution in [0.3, 0.4) is 0 Å². The maximum atomic E-state index is 5.88. The summed E-state index contributed by atoms with van der Waals surface area (Å²) in [4.78, 5) is 4.38. The number of nitrogens with zero attached hydrogens (tertiary/aromatic N) is 1. The standard InChI is InChI=1S/C16H18N2O/c1-2-6-13(7-3-1)12-19-16-14(8-4-11-18-16)15-9-5-10-17-15/h1-4,6-8,11,15,17H,5,9-10,12H2/t15-/m1/s1. The Bertz CT molecular complexity index is 521. The van der Waals surface area contributed by atoms with E-state index in [4.69, 9.17) is 4.74 Å². The van der Waals surface area contributed by atoms with Gasteiger partial charge in [-0.15, -0.1) is 0 Å². The topological polar surface area (TPSA) is 34.1 Å². The first kappa shape index (κ1) is 12.2. The van der Waals surface area contributed by atoms with E-state index in [1.807, 2.05) is 24.3 Å². The number of ether oxygens (including phenoxy) is 1. The highest BCUT2D eigenvalue weighted by molar-refractivity contribution is 5.30. The minimum atomic E-state index is 0.388. The summed E-state index contributed by atoms with van der Waals surface area (Å²) < 4.78 is 5.88. The number of hydrogen-bond donors (Lipinski definition) is 1. The molecule has 1 aliphatic rings. The van der Waals surface area contributed by atoms with Crippen LogP contribution in [0.1, 0.15) is 30.0 Å². The summed E-state index contributed by atoms with van der Waals surface area (Å²) in [6.45, 7) is 1.65. The summed E-state index contributed by atoms with van der Waals surface area (Å²) in [5.41, 5.74) is 2.34. The third-order valence-corrected chi connectivity index (χ3v) is 3.45. The van der Waals surface area contributed by atoms with Crippen molar-refractivity contribution in [1.29, 1.82) is 0 Å². The highest BCUT2D eigenvalue weighted by Gasteiger charge is 2.20. The highest BCUT2D eigenvalue weighted by Crippen LogP contribution is 2.29. The van der Waals surface area contributed by atoms with Crippen molar-refractivity contribution in [1.82, 2.24) is 10.3 Å². The first-order valence-corrected chi connectivity index (χ1v) is 6.78. The molecule has 1 aliphatic heterocycles. The summed E-state index contributed by atoms with van der Waals surface area (Å²) in [6.07, 6.45) is 4.17. The predicted octanol–water partition coefficient (Wildman–Crippen LogP) is 3.09. The van der Waals surface area contributed by atoms with E-state index >= 15 is 0 Å². The van der Waals surface area contributed by atoms with Gasteiger partial charge in [-0.1, -0.05) is 36.4 Å². The molecule has 3 rings (SSSR count). The fourth-order valence-corrected chi connectivity index (χ4v) is 2.46. The summed E-state index contributed by atoms with van der Waals surface area (Å²) >= 11 is 0. The lowest BCUT2D eigenvalue weighted by atomic mass is 10.1. The van der Waals surface area contributed by atoms with Gasteiger partial charge in [-0.3, -0.25) is 0 Å². The van der Waals surface area contributed by atoms with Gasteiger partial charge in [-0.25, -0.2) is 4.98 Å². The Labute approximate surface area is 113 Å². The van der Waals surface area contributed by atoms with Crippen LogP contribution in [0.25, 0.3) is 0 Å². The van der Waals surface area contributed by atoms with Crippen LogP contribution in [0, 0.1) is 0 Å². The van der Waals surface area contributed by atoms with E-state index in [0.717, 1.165) is 18.8 Å². The van der Waals surface area contributed by atoms with Crippen LogP contribution in [0.4, 0.5) is 0 Å². The van der Waals surface area contributed by atoms with E-state index in [0.29, 0.717) is 12.6 Å². The van der Waals surface area contributed by atoms with E-state index < -0.39 is 0 Å². The molecule has 0 spiro atoms. The van der Waals surface area contributed by atoms with Gasteiger partial charge in [0.05, 0.1) is 0 Å². The molecule has 98 valence electrons. The van der Waals surface area contributed by atoms with Crippen LogP contribution in [0.15, 0.2) is 48.7 Å². The molecule has 1 aromatic carbocycles. The Kier molecular flexibility index (Phi) is 3.75. The molecule has 0 aliphatic carbocycles. The molecule has 1 saturated heterocycles. The van der Waals surface area contributed by atoms with Gasteiger partial charge in [0, 0.05) is 17.8 Å². The quantitative estimate of drug-likeness (QED) is 0.910. The van der Waals surface area contributed by atoms with Gasteiger partial charge in [0.2, 0.25) is 5.88 Å². The van der Waals surface area contributed by atoms with Crippen LogP contribution in [-0.4, -0.2) is 11.5 Å². The van der Waals surface area contributed by atoms with Crippen LogP contribution < -0.4 is 10.1 Å². The third-order valence-electron chi connectivity index (χ3n) is 3.45. The fraction of sp³-hybridized carbons (Fsp3) is 0.312. The fourth-order valence-electron chi connectivity index (χ4n) is 2.46. The van der Waals surface area contributed by atoms with Crippen molar-refractivity contribution in [2.75, 3.05) is 6.54 Å². The highest BCUT2D eigenvalue weighted by atomic mass is 16.5. The number of nitrogens with one attached hydrogen (secondary N) is 1. The summed E-state index contributed by atoms with van der Waals surface area (Å²) in [5, 5.41) is 3.49. The summed E-state index contributed by atoms with van der Waals surface area (Å²) in [6, 6.07) is 14.7. The van der Waals surface area contributed by atoms with Crippen molar-refractivity contribution >= 4 is 0 Å². The van der Waals surface area contributed by atoms with Gasteiger partial charge in [-0.2, -0.15) is 0 Å². The smallest absolute Gasteiger partial charge is 0.218 e. The van der Waals surface area contributed by atoms with Gasteiger partial charge in [0.15, 0.2) is 0 Å². The van der Waals surface area contributed by atoms with Crippen molar-refractivity contribution in [3.63, 3.8) is 0 Å². The van der Waals surface area contributed by atoms with E-state index in [1.54, 1.807) is 6.20 Å². The van der Waals surface area contributed by atoms with Gasteiger partial charge in [0.25, 0.3) is 0 Å². The maximum absolute atomic E-state index is 5.88. The molecular formula is C16H18N2O.